The Kier molecular flexibility index (Phi) is 4.09. The summed E-state index contributed by atoms with van der Waals surface area (Å²) < 4.78 is 11.7. The molecule has 0 aliphatic carbocycles. The Morgan fingerprint density at radius 3 is 2.36 bits per heavy atom. The second-order valence-electron chi connectivity index (χ2n) is 5.51. The van der Waals surface area contributed by atoms with E-state index < -0.39 is 0 Å². The number of unbranched alkanes of at least 4 members (excludes halogenated alkanes) is 3. The molecule has 1 aliphatic rings. The lowest BCUT2D eigenvalue weighted by Gasteiger charge is -2.23. The summed E-state index contributed by atoms with van der Waals surface area (Å²) >= 11 is 0. The van der Waals surface area contributed by atoms with Crippen LogP contribution in [0.15, 0.2) is 30.3 Å². The summed E-state index contributed by atoms with van der Waals surface area (Å²) in [5.74, 6) is 1.89. The molecule has 4 nitrogen and oxygen atoms in total. The predicted molar refractivity (Wildman–Crippen MR) is 84.2 cm³/mol. The third-order valence-corrected chi connectivity index (χ3v) is 3.86. The molecule has 0 amide bonds. The molecule has 3 rings (SSSR count). The molecule has 116 valence electrons. The van der Waals surface area contributed by atoms with Crippen molar-refractivity contribution in [2.45, 2.75) is 39.0 Å². The van der Waals surface area contributed by atoms with Crippen molar-refractivity contribution >= 4 is 0 Å². The zero-order chi connectivity index (χ0) is 15.5. The average molecular weight is 300 g/mol. The molecule has 0 radical (unpaired) electrons. The summed E-state index contributed by atoms with van der Waals surface area (Å²) in [6, 6.07) is 8.76. The highest BCUT2D eigenvalue weighted by Crippen LogP contribution is 2.52. The zero-order valence-corrected chi connectivity index (χ0v) is 12.6. The Labute approximate surface area is 129 Å². The van der Waals surface area contributed by atoms with E-state index >= 15 is 0 Å². The van der Waals surface area contributed by atoms with Gasteiger partial charge in [-0.15, -0.1) is 0 Å². The first-order chi connectivity index (χ1) is 10.7. The molecule has 0 bridgehead atoms. The van der Waals surface area contributed by atoms with Gasteiger partial charge in [0.15, 0.2) is 34.5 Å². The van der Waals surface area contributed by atoms with E-state index in [0.29, 0.717) is 35.0 Å². The summed E-state index contributed by atoms with van der Waals surface area (Å²) in [6.45, 7) is 2.15. The Morgan fingerprint density at radius 1 is 0.909 bits per heavy atom. The van der Waals surface area contributed by atoms with Gasteiger partial charge in [0.1, 0.15) is 0 Å². The van der Waals surface area contributed by atoms with Crippen LogP contribution < -0.4 is 9.47 Å². The maximum Gasteiger partial charge on any atom is 0.177 e. The van der Waals surface area contributed by atoms with Crippen LogP contribution in [0.3, 0.4) is 0 Å². The van der Waals surface area contributed by atoms with Gasteiger partial charge in [-0.1, -0.05) is 38.3 Å². The van der Waals surface area contributed by atoms with Crippen LogP contribution in [0, 0.1) is 0 Å². The minimum absolute atomic E-state index is 0.113. The quantitative estimate of drug-likeness (QED) is 0.507. The highest BCUT2D eigenvalue weighted by molar-refractivity contribution is 5.64. The Balaban J connectivity index is 1.92. The number of hydrogen-bond donors (Lipinski definition) is 2. The van der Waals surface area contributed by atoms with Gasteiger partial charge < -0.3 is 19.7 Å². The van der Waals surface area contributed by atoms with Crippen molar-refractivity contribution in [1.82, 2.24) is 0 Å². The number of phenols is 2. The van der Waals surface area contributed by atoms with Crippen molar-refractivity contribution in [2.75, 3.05) is 0 Å². The Morgan fingerprint density at radius 2 is 1.64 bits per heavy atom. The number of hydrogen-bond acceptors (Lipinski definition) is 4. The number of rotatable bonds is 5. The number of fused-ring (bicyclic) bond motifs is 2. The molecule has 0 unspecified atom stereocenters. The first kappa shape index (κ1) is 14.6. The third-order valence-electron chi connectivity index (χ3n) is 3.86. The van der Waals surface area contributed by atoms with Gasteiger partial charge in [-0.05, 0) is 25.0 Å². The number of para-hydroxylation sites is 2. The predicted octanol–water partition coefficient (Wildman–Crippen LogP) is 5.12. The van der Waals surface area contributed by atoms with Gasteiger partial charge in [0.2, 0.25) is 0 Å². The number of aromatic hydroxyl groups is 2. The molecule has 0 spiro atoms. The third kappa shape index (κ3) is 2.69. The van der Waals surface area contributed by atoms with Gasteiger partial charge in [-0.2, -0.15) is 0 Å². The van der Waals surface area contributed by atoms with Gasteiger partial charge >= 0.3 is 0 Å². The van der Waals surface area contributed by atoms with E-state index in [-0.39, 0.29) is 11.5 Å². The highest BCUT2D eigenvalue weighted by atomic mass is 16.6. The van der Waals surface area contributed by atoms with Crippen molar-refractivity contribution in [2.24, 2.45) is 0 Å². The summed E-state index contributed by atoms with van der Waals surface area (Å²) in [4.78, 5) is 0. The topological polar surface area (TPSA) is 58.9 Å². The van der Waals surface area contributed by atoms with Crippen LogP contribution in [0.5, 0.6) is 34.5 Å². The standard InChI is InChI=1S/C18H20O4/c1-2-3-4-5-8-12-17(20)13(19)11-16-18(12)22-15-10-7-6-9-14(15)21-16/h6-7,9-11,19-20H,2-5,8H2,1H3. The Bertz CT molecular complexity index is 679. The minimum Gasteiger partial charge on any atom is -0.504 e. The summed E-state index contributed by atoms with van der Waals surface area (Å²) in [7, 11) is 0. The lowest BCUT2D eigenvalue weighted by Crippen LogP contribution is -2.02. The maximum atomic E-state index is 10.2. The van der Waals surface area contributed by atoms with Crippen LogP contribution in [0.4, 0.5) is 0 Å². The van der Waals surface area contributed by atoms with Gasteiger partial charge in [0.25, 0.3) is 0 Å². The van der Waals surface area contributed by atoms with Crippen LogP contribution in [0.2, 0.25) is 0 Å². The fourth-order valence-electron chi connectivity index (χ4n) is 2.66. The van der Waals surface area contributed by atoms with Crippen LogP contribution in [0.25, 0.3) is 0 Å². The van der Waals surface area contributed by atoms with E-state index in [1.54, 1.807) is 0 Å². The maximum absolute atomic E-state index is 10.2. The van der Waals surface area contributed by atoms with Crippen LogP contribution in [-0.4, -0.2) is 10.2 Å². The fraction of sp³-hybridized carbons (Fsp3) is 0.333. The van der Waals surface area contributed by atoms with E-state index in [0.717, 1.165) is 25.7 Å². The summed E-state index contributed by atoms with van der Waals surface area (Å²) in [5, 5.41) is 20.1. The van der Waals surface area contributed by atoms with Crippen molar-refractivity contribution < 1.29 is 19.7 Å². The molecule has 0 saturated heterocycles. The number of phenolic OH excluding ortho intramolecular Hbond substituents is 2. The first-order valence-corrected chi connectivity index (χ1v) is 7.73. The van der Waals surface area contributed by atoms with E-state index in [1.807, 2.05) is 24.3 Å². The van der Waals surface area contributed by atoms with E-state index in [2.05, 4.69) is 6.92 Å². The van der Waals surface area contributed by atoms with E-state index in [9.17, 15) is 10.2 Å². The van der Waals surface area contributed by atoms with Gasteiger partial charge in [-0.3, -0.25) is 0 Å². The molecule has 0 aromatic heterocycles. The van der Waals surface area contributed by atoms with Crippen molar-refractivity contribution in [3.63, 3.8) is 0 Å². The molecule has 0 fully saturated rings. The normalized spacial score (nSPS) is 12.0. The lowest BCUT2D eigenvalue weighted by atomic mass is 10.0. The smallest absolute Gasteiger partial charge is 0.177 e. The Hall–Kier alpha value is -2.36. The van der Waals surface area contributed by atoms with Crippen molar-refractivity contribution in [1.29, 1.82) is 0 Å². The average Bonchev–Trinajstić information content (AvgIpc) is 2.53. The summed E-state index contributed by atoms with van der Waals surface area (Å²) in [6.07, 6.45) is 4.97. The zero-order valence-electron chi connectivity index (χ0n) is 12.6. The largest absolute Gasteiger partial charge is 0.504 e. The van der Waals surface area contributed by atoms with Gasteiger partial charge in [-0.25, -0.2) is 0 Å². The monoisotopic (exact) mass is 300 g/mol. The molecule has 2 aromatic rings. The minimum atomic E-state index is -0.174. The van der Waals surface area contributed by atoms with Crippen LogP contribution in [-0.2, 0) is 6.42 Å². The van der Waals surface area contributed by atoms with Gasteiger partial charge in [0.05, 0.1) is 0 Å². The number of ether oxygens (including phenoxy) is 2. The fourth-order valence-corrected chi connectivity index (χ4v) is 2.66. The van der Waals surface area contributed by atoms with E-state index in [4.69, 9.17) is 9.47 Å². The molecule has 0 atom stereocenters. The second kappa shape index (κ2) is 6.18. The van der Waals surface area contributed by atoms with Crippen LogP contribution >= 0.6 is 0 Å². The highest BCUT2D eigenvalue weighted by Gasteiger charge is 2.25. The van der Waals surface area contributed by atoms with E-state index in [1.165, 1.54) is 6.07 Å². The molecule has 4 heteroatoms. The number of benzene rings is 2. The second-order valence-corrected chi connectivity index (χ2v) is 5.51. The van der Waals surface area contributed by atoms with Crippen LogP contribution in [0.1, 0.15) is 38.2 Å². The lowest BCUT2D eigenvalue weighted by molar-refractivity contribution is 0.340. The van der Waals surface area contributed by atoms with Gasteiger partial charge in [0, 0.05) is 11.6 Å². The molecular weight excluding hydrogens is 280 g/mol. The summed E-state index contributed by atoms with van der Waals surface area (Å²) in [5.41, 5.74) is 0.612. The molecular formula is C18H20O4. The molecule has 2 N–H and O–H groups in total. The molecule has 1 heterocycles. The molecule has 1 aliphatic heterocycles. The van der Waals surface area contributed by atoms with Crippen molar-refractivity contribution in [3.05, 3.63) is 35.9 Å². The molecule has 0 saturated carbocycles. The first-order valence-electron chi connectivity index (χ1n) is 7.73. The molecule has 22 heavy (non-hydrogen) atoms. The molecule has 2 aromatic carbocycles. The van der Waals surface area contributed by atoms with Crippen molar-refractivity contribution in [3.8, 4) is 34.5 Å². The SMILES string of the molecule is CCCCCCc1c(O)c(O)cc2c1Oc1ccccc1O2.